The molecule has 6 rings (SSSR count). The van der Waals surface area contributed by atoms with Crippen molar-refractivity contribution in [3.05, 3.63) is 100 Å². The summed E-state index contributed by atoms with van der Waals surface area (Å²) in [5.41, 5.74) is 5.03. The van der Waals surface area contributed by atoms with Crippen molar-refractivity contribution in [1.82, 2.24) is 14.8 Å². The molecule has 3 heterocycles. The van der Waals surface area contributed by atoms with E-state index in [1.54, 1.807) is 7.11 Å². The summed E-state index contributed by atoms with van der Waals surface area (Å²) in [7, 11) is 1.67. The van der Waals surface area contributed by atoms with Gasteiger partial charge in [0.05, 0.1) is 12.8 Å². The van der Waals surface area contributed by atoms with Crippen LogP contribution in [0.25, 0.3) is 5.70 Å². The third kappa shape index (κ3) is 3.43. The van der Waals surface area contributed by atoms with Crippen molar-refractivity contribution in [3.63, 3.8) is 0 Å². The maximum atomic E-state index is 6.64. The molecular weight excluding hydrogens is 468 g/mol. The second-order valence-corrected chi connectivity index (χ2v) is 9.26. The van der Waals surface area contributed by atoms with E-state index >= 15 is 0 Å². The lowest BCUT2D eigenvalue weighted by Gasteiger charge is -2.39. The van der Waals surface area contributed by atoms with Gasteiger partial charge < -0.3 is 14.8 Å². The number of aromatic nitrogens is 3. The van der Waals surface area contributed by atoms with Crippen LogP contribution in [-0.4, -0.2) is 28.1 Å². The Kier molecular flexibility index (Phi) is 5.23. The fourth-order valence-corrected chi connectivity index (χ4v) is 5.10. The van der Waals surface area contributed by atoms with Crippen molar-refractivity contribution in [3.8, 4) is 11.5 Å². The van der Waals surface area contributed by atoms with E-state index in [1.807, 2.05) is 59.5 Å². The van der Waals surface area contributed by atoms with E-state index < -0.39 is 0 Å². The summed E-state index contributed by atoms with van der Waals surface area (Å²) in [4.78, 5) is 4.73. The van der Waals surface area contributed by atoms with Gasteiger partial charge in [-0.25, -0.2) is 4.68 Å². The Labute approximate surface area is 206 Å². The first-order chi connectivity index (χ1) is 16.7. The van der Waals surface area contributed by atoms with E-state index in [1.165, 1.54) is 11.8 Å². The molecule has 0 saturated heterocycles. The second-order valence-electron chi connectivity index (χ2n) is 8.05. The molecule has 170 valence electrons. The number of methoxy groups -OCH3 is 1. The third-order valence-electron chi connectivity index (χ3n) is 6.13. The first-order valence-electron chi connectivity index (χ1n) is 10.8. The topological polar surface area (TPSA) is 61.2 Å². The highest BCUT2D eigenvalue weighted by Gasteiger charge is 2.41. The van der Waals surface area contributed by atoms with Gasteiger partial charge in [0.25, 0.3) is 0 Å². The highest BCUT2D eigenvalue weighted by Crippen LogP contribution is 2.51. The SMILES string of the molecule is COc1ccc([C@@H]2C3=C(Nc4nc(SC)nn42)c2cc(Cl)ccc2O[C@@H]3c2ccccc2)cc1. The summed E-state index contributed by atoms with van der Waals surface area (Å²) < 4.78 is 14.0. The molecular formula is C26H21ClN4O2S. The summed E-state index contributed by atoms with van der Waals surface area (Å²) >= 11 is 7.93. The largest absolute Gasteiger partial charge is 0.497 e. The van der Waals surface area contributed by atoms with E-state index in [2.05, 4.69) is 29.6 Å². The lowest BCUT2D eigenvalue weighted by molar-refractivity contribution is 0.223. The highest BCUT2D eigenvalue weighted by molar-refractivity contribution is 7.98. The van der Waals surface area contributed by atoms with E-state index in [9.17, 15) is 0 Å². The van der Waals surface area contributed by atoms with Crippen LogP contribution in [0.15, 0.2) is 83.5 Å². The summed E-state index contributed by atoms with van der Waals surface area (Å²) in [6.07, 6.45) is 1.65. The van der Waals surface area contributed by atoms with Gasteiger partial charge >= 0.3 is 0 Å². The van der Waals surface area contributed by atoms with Crippen LogP contribution in [0, 0.1) is 0 Å². The molecule has 0 saturated carbocycles. The molecule has 34 heavy (non-hydrogen) atoms. The normalized spacial score (nSPS) is 18.3. The fraction of sp³-hybridized carbons (Fsp3) is 0.154. The number of nitrogens with one attached hydrogen (secondary N) is 1. The molecule has 0 radical (unpaired) electrons. The monoisotopic (exact) mass is 488 g/mol. The van der Waals surface area contributed by atoms with Crippen molar-refractivity contribution in [2.75, 3.05) is 18.7 Å². The smallest absolute Gasteiger partial charge is 0.227 e. The molecule has 2 atom stereocenters. The first-order valence-corrected chi connectivity index (χ1v) is 12.4. The zero-order chi connectivity index (χ0) is 23.2. The Morgan fingerprint density at radius 2 is 1.82 bits per heavy atom. The molecule has 2 aliphatic heterocycles. The second kappa shape index (κ2) is 8.42. The Bertz CT molecular complexity index is 1400. The summed E-state index contributed by atoms with van der Waals surface area (Å²) in [5, 5.41) is 9.72. The average molecular weight is 489 g/mol. The number of benzene rings is 3. The van der Waals surface area contributed by atoms with Gasteiger partial charge in [0.2, 0.25) is 11.1 Å². The third-order valence-corrected chi connectivity index (χ3v) is 6.90. The van der Waals surface area contributed by atoms with E-state index in [-0.39, 0.29) is 12.1 Å². The number of thioether (sulfide) groups is 1. The summed E-state index contributed by atoms with van der Waals surface area (Å²) in [6.45, 7) is 0. The quantitative estimate of drug-likeness (QED) is 0.344. The molecule has 0 unspecified atom stereocenters. The molecule has 0 aliphatic carbocycles. The Morgan fingerprint density at radius 3 is 2.56 bits per heavy atom. The number of halogens is 1. The first kappa shape index (κ1) is 21.1. The zero-order valence-electron chi connectivity index (χ0n) is 18.5. The number of hydrogen-bond acceptors (Lipinski definition) is 6. The van der Waals surface area contributed by atoms with Gasteiger partial charge in [-0.1, -0.05) is 65.8 Å². The van der Waals surface area contributed by atoms with Crippen LogP contribution in [-0.2, 0) is 0 Å². The van der Waals surface area contributed by atoms with E-state index in [4.69, 9.17) is 31.2 Å². The van der Waals surface area contributed by atoms with Crippen molar-refractivity contribution >= 4 is 35.0 Å². The van der Waals surface area contributed by atoms with Crippen LogP contribution >= 0.6 is 23.4 Å². The van der Waals surface area contributed by atoms with Crippen molar-refractivity contribution in [2.24, 2.45) is 0 Å². The number of hydrogen-bond donors (Lipinski definition) is 1. The van der Waals surface area contributed by atoms with Crippen LogP contribution in [0.1, 0.15) is 28.8 Å². The lowest BCUT2D eigenvalue weighted by Crippen LogP contribution is -2.32. The number of ether oxygens (including phenoxy) is 2. The van der Waals surface area contributed by atoms with Crippen molar-refractivity contribution in [2.45, 2.75) is 17.3 Å². The molecule has 0 amide bonds. The molecule has 6 nitrogen and oxygen atoms in total. The van der Waals surface area contributed by atoms with Crippen LogP contribution in [0.4, 0.5) is 5.95 Å². The number of anilines is 1. The van der Waals surface area contributed by atoms with E-state index in [0.717, 1.165) is 39.5 Å². The van der Waals surface area contributed by atoms with Gasteiger partial charge in [-0.15, -0.1) is 5.10 Å². The standard InChI is InChI=1S/C26H21ClN4O2S/c1-32-18-11-8-15(9-12-18)23-21-22(28-25-29-26(34-2)30-31(23)25)19-14-17(27)10-13-20(19)33-24(21)16-6-4-3-5-7-16/h3-14,23-24H,1-2H3,(H,28,29,30)/t23-,24-/m1/s1. The molecule has 1 N–H and O–H groups in total. The molecule has 0 spiro atoms. The Hall–Kier alpha value is -3.42. The molecule has 0 fully saturated rings. The summed E-state index contributed by atoms with van der Waals surface area (Å²) in [5.74, 6) is 2.26. The van der Waals surface area contributed by atoms with Gasteiger partial charge in [-0.2, -0.15) is 4.98 Å². The summed E-state index contributed by atoms with van der Waals surface area (Å²) in [6, 6.07) is 23.8. The van der Waals surface area contributed by atoms with Gasteiger partial charge in [-0.05, 0) is 47.7 Å². The predicted octanol–water partition coefficient (Wildman–Crippen LogP) is 6.22. The molecule has 3 aromatic carbocycles. The molecule has 2 aliphatic rings. The minimum atomic E-state index is -0.320. The van der Waals surface area contributed by atoms with Crippen LogP contribution in [0.3, 0.4) is 0 Å². The average Bonchev–Trinajstić information content (AvgIpc) is 3.31. The maximum absolute atomic E-state index is 6.64. The molecule has 0 bridgehead atoms. The fourth-order valence-electron chi connectivity index (χ4n) is 4.58. The van der Waals surface area contributed by atoms with Gasteiger partial charge in [-0.3, -0.25) is 0 Å². The van der Waals surface area contributed by atoms with E-state index in [0.29, 0.717) is 16.1 Å². The van der Waals surface area contributed by atoms with Crippen LogP contribution in [0.2, 0.25) is 5.02 Å². The number of rotatable bonds is 4. The van der Waals surface area contributed by atoms with Crippen molar-refractivity contribution < 1.29 is 9.47 Å². The van der Waals surface area contributed by atoms with Crippen LogP contribution in [0.5, 0.6) is 11.5 Å². The Balaban J connectivity index is 1.63. The van der Waals surface area contributed by atoms with Gasteiger partial charge in [0.1, 0.15) is 23.6 Å². The molecule has 8 heteroatoms. The van der Waals surface area contributed by atoms with Crippen LogP contribution < -0.4 is 14.8 Å². The highest BCUT2D eigenvalue weighted by atomic mass is 35.5. The van der Waals surface area contributed by atoms with Crippen molar-refractivity contribution in [1.29, 1.82) is 0 Å². The molecule has 1 aromatic heterocycles. The number of fused-ring (bicyclic) bond motifs is 3. The van der Waals surface area contributed by atoms with Gasteiger partial charge in [0.15, 0.2) is 0 Å². The number of nitrogens with zero attached hydrogens (tertiary/aromatic N) is 3. The molecule has 4 aromatic rings. The zero-order valence-corrected chi connectivity index (χ0v) is 20.1. The minimum absolute atomic E-state index is 0.233. The minimum Gasteiger partial charge on any atom is -0.497 e. The predicted molar refractivity (Wildman–Crippen MR) is 135 cm³/mol. The van der Waals surface area contributed by atoms with Gasteiger partial charge in [0, 0.05) is 16.2 Å². The maximum Gasteiger partial charge on any atom is 0.227 e. The Morgan fingerprint density at radius 1 is 1.03 bits per heavy atom. The lowest BCUT2D eigenvalue weighted by atomic mass is 9.84.